The number of hydrogen-bond donors (Lipinski definition) is 0. The van der Waals surface area contributed by atoms with E-state index in [0.29, 0.717) is 18.0 Å². The molecule has 0 fully saturated rings. The molecule has 9 heteroatoms. The topological polar surface area (TPSA) is 60.9 Å². The first-order valence-electron chi connectivity index (χ1n) is 7.61. The van der Waals surface area contributed by atoms with Crippen LogP contribution in [-0.2, 0) is 6.54 Å². The van der Waals surface area contributed by atoms with Crippen molar-refractivity contribution in [2.45, 2.75) is 12.7 Å². The van der Waals surface area contributed by atoms with Gasteiger partial charge in [-0.05, 0) is 23.8 Å². The summed E-state index contributed by atoms with van der Waals surface area (Å²) in [5.74, 6) is 0.757. The number of aromatic nitrogens is 1. The quantitative estimate of drug-likeness (QED) is 0.812. The second kappa shape index (κ2) is 7.11. The van der Waals surface area contributed by atoms with Crippen molar-refractivity contribution in [3.63, 3.8) is 0 Å². The third kappa shape index (κ3) is 4.35. The normalized spacial score (nSPS) is 12.8. The Morgan fingerprint density at radius 3 is 2.69 bits per heavy atom. The molecule has 0 radical (unpaired) electrons. The average Bonchev–Trinajstić information content (AvgIpc) is 3.07. The summed E-state index contributed by atoms with van der Waals surface area (Å²) in [5.41, 5.74) is 1.09. The first-order valence-corrected chi connectivity index (χ1v) is 7.61. The molecule has 138 valence electrons. The average molecular weight is 368 g/mol. The summed E-state index contributed by atoms with van der Waals surface area (Å²) < 4.78 is 51.4. The minimum absolute atomic E-state index is 0.169. The number of ether oxygens (including phenoxy) is 3. The van der Waals surface area contributed by atoms with Crippen LogP contribution in [-0.4, -0.2) is 42.4 Å². The van der Waals surface area contributed by atoms with E-state index < -0.39 is 12.8 Å². The Balaban J connectivity index is 1.61. The van der Waals surface area contributed by atoms with Crippen LogP contribution >= 0.6 is 0 Å². The standard InChI is InChI=1S/C17H15F3N2O4/c1-22(8-11-2-4-13-14(6-11)26-10-25-13)16(23)12-3-5-15(21-7-12)24-9-17(18,19)20/h2-7H,8-10H2,1H3. The van der Waals surface area contributed by atoms with Crippen molar-refractivity contribution in [2.24, 2.45) is 0 Å². The zero-order valence-corrected chi connectivity index (χ0v) is 13.7. The molecule has 1 aliphatic rings. The zero-order valence-electron chi connectivity index (χ0n) is 13.7. The van der Waals surface area contributed by atoms with Crippen LogP contribution in [0.3, 0.4) is 0 Å². The summed E-state index contributed by atoms with van der Waals surface area (Å²) >= 11 is 0. The fourth-order valence-electron chi connectivity index (χ4n) is 2.35. The van der Waals surface area contributed by atoms with Crippen molar-refractivity contribution in [2.75, 3.05) is 20.4 Å². The molecule has 1 amide bonds. The van der Waals surface area contributed by atoms with Gasteiger partial charge >= 0.3 is 6.18 Å². The van der Waals surface area contributed by atoms with E-state index in [9.17, 15) is 18.0 Å². The molecule has 0 aliphatic carbocycles. The van der Waals surface area contributed by atoms with Gasteiger partial charge in [-0.15, -0.1) is 0 Å². The summed E-state index contributed by atoms with van der Waals surface area (Å²) in [6.45, 7) is -0.943. The van der Waals surface area contributed by atoms with Gasteiger partial charge in [0.1, 0.15) is 0 Å². The monoisotopic (exact) mass is 368 g/mol. The van der Waals surface area contributed by atoms with Gasteiger partial charge in [-0.25, -0.2) is 4.98 Å². The molecule has 0 atom stereocenters. The predicted molar refractivity (Wildman–Crippen MR) is 84.1 cm³/mol. The fraction of sp³-hybridized carbons (Fsp3) is 0.294. The van der Waals surface area contributed by atoms with Crippen LogP contribution < -0.4 is 14.2 Å². The highest BCUT2D eigenvalue weighted by Crippen LogP contribution is 2.32. The Bertz CT molecular complexity index is 794. The molecule has 0 saturated carbocycles. The second-order valence-corrected chi connectivity index (χ2v) is 5.64. The Hall–Kier alpha value is -2.97. The number of nitrogens with zero attached hydrogens (tertiary/aromatic N) is 2. The smallest absolute Gasteiger partial charge is 0.422 e. The number of halogens is 3. The Morgan fingerprint density at radius 2 is 2.00 bits per heavy atom. The minimum atomic E-state index is -4.44. The summed E-state index contributed by atoms with van der Waals surface area (Å²) in [6, 6.07) is 7.98. The molecule has 2 aromatic rings. The largest absolute Gasteiger partial charge is 0.468 e. The van der Waals surface area contributed by atoms with E-state index in [2.05, 4.69) is 9.72 Å². The highest BCUT2D eigenvalue weighted by Gasteiger charge is 2.28. The molecule has 0 bridgehead atoms. The number of benzene rings is 1. The molecule has 0 spiro atoms. The van der Waals surface area contributed by atoms with Gasteiger partial charge in [0, 0.05) is 25.9 Å². The van der Waals surface area contributed by atoms with Gasteiger partial charge in [0.2, 0.25) is 12.7 Å². The summed E-state index contributed by atoms with van der Waals surface area (Å²) in [7, 11) is 1.61. The third-order valence-electron chi connectivity index (χ3n) is 3.57. The SMILES string of the molecule is CN(Cc1ccc2c(c1)OCO2)C(=O)c1ccc(OCC(F)(F)F)nc1. The highest BCUT2D eigenvalue weighted by atomic mass is 19.4. The molecule has 1 aromatic heterocycles. The summed E-state index contributed by atoms with van der Waals surface area (Å²) in [4.78, 5) is 17.6. The number of rotatable bonds is 5. The Labute approximate surface area is 147 Å². The molecule has 1 aromatic carbocycles. The molecule has 0 unspecified atom stereocenters. The van der Waals surface area contributed by atoms with Crippen molar-refractivity contribution in [3.8, 4) is 17.4 Å². The van der Waals surface area contributed by atoms with Crippen LogP contribution in [0.1, 0.15) is 15.9 Å². The van der Waals surface area contributed by atoms with E-state index in [1.165, 1.54) is 23.2 Å². The van der Waals surface area contributed by atoms with Crippen LogP contribution in [0.15, 0.2) is 36.5 Å². The number of amides is 1. The number of hydrogen-bond acceptors (Lipinski definition) is 5. The van der Waals surface area contributed by atoms with Crippen LogP contribution in [0.4, 0.5) is 13.2 Å². The van der Waals surface area contributed by atoms with Crippen molar-refractivity contribution < 1.29 is 32.2 Å². The molecule has 3 rings (SSSR count). The molecule has 6 nitrogen and oxygen atoms in total. The van der Waals surface area contributed by atoms with Gasteiger partial charge in [0.05, 0.1) is 5.56 Å². The number of carbonyl (C=O) groups is 1. The number of carbonyl (C=O) groups excluding carboxylic acids is 1. The molecule has 2 heterocycles. The lowest BCUT2D eigenvalue weighted by molar-refractivity contribution is -0.154. The van der Waals surface area contributed by atoms with Crippen LogP contribution in [0.25, 0.3) is 0 Å². The van der Waals surface area contributed by atoms with Gasteiger partial charge in [-0.3, -0.25) is 4.79 Å². The minimum Gasteiger partial charge on any atom is -0.468 e. The van der Waals surface area contributed by atoms with E-state index in [0.717, 1.165) is 5.56 Å². The van der Waals surface area contributed by atoms with E-state index >= 15 is 0 Å². The van der Waals surface area contributed by atoms with E-state index in [-0.39, 0.29) is 24.1 Å². The lowest BCUT2D eigenvalue weighted by Crippen LogP contribution is -2.26. The maximum atomic E-state index is 12.4. The van der Waals surface area contributed by atoms with Crippen molar-refractivity contribution >= 4 is 5.91 Å². The first-order chi connectivity index (χ1) is 12.3. The Morgan fingerprint density at radius 1 is 1.23 bits per heavy atom. The summed E-state index contributed by atoms with van der Waals surface area (Å²) in [5, 5.41) is 0. The van der Waals surface area contributed by atoms with Crippen LogP contribution in [0.5, 0.6) is 17.4 Å². The lowest BCUT2D eigenvalue weighted by atomic mass is 10.1. The van der Waals surface area contributed by atoms with Crippen molar-refractivity contribution in [3.05, 3.63) is 47.7 Å². The van der Waals surface area contributed by atoms with Gasteiger partial charge in [0.15, 0.2) is 18.1 Å². The summed E-state index contributed by atoms with van der Waals surface area (Å²) in [6.07, 6.45) is -3.26. The van der Waals surface area contributed by atoms with Crippen molar-refractivity contribution in [1.29, 1.82) is 0 Å². The van der Waals surface area contributed by atoms with Crippen LogP contribution in [0, 0.1) is 0 Å². The maximum absolute atomic E-state index is 12.4. The van der Waals surface area contributed by atoms with Crippen LogP contribution in [0.2, 0.25) is 0 Å². The lowest BCUT2D eigenvalue weighted by Gasteiger charge is -2.17. The third-order valence-corrected chi connectivity index (χ3v) is 3.57. The highest BCUT2D eigenvalue weighted by molar-refractivity contribution is 5.93. The molecular formula is C17H15F3N2O4. The molecular weight excluding hydrogens is 353 g/mol. The molecule has 1 aliphatic heterocycles. The van der Waals surface area contributed by atoms with E-state index in [4.69, 9.17) is 9.47 Å². The number of alkyl halides is 3. The predicted octanol–water partition coefficient (Wildman–Crippen LogP) is 3.02. The fourth-order valence-corrected chi connectivity index (χ4v) is 2.35. The number of pyridine rings is 1. The van der Waals surface area contributed by atoms with E-state index in [1.807, 2.05) is 6.07 Å². The van der Waals surface area contributed by atoms with Gasteiger partial charge < -0.3 is 19.1 Å². The van der Waals surface area contributed by atoms with Crippen molar-refractivity contribution in [1.82, 2.24) is 9.88 Å². The molecule has 0 saturated heterocycles. The second-order valence-electron chi connectivity index (χ2n) is 5.64. The number of fused-ring (bicyclic) bond motifs is 1. The zero-order chi connectivity index (χ0) is 18.7. The molecule has 26 heavy (non-hydrogen) atoms. The van der Waals surface area contributed by atoms with Gasteiger partial charge in [-0.2, -0.15) is 13.2 Å². The Kier molecular flexibility index (Phi) is 4.88. The van der Waals surface area contributed by atoms with Gasteiger partial charge in [-0.1, -0.05) is 6.07 Å². The first kappa shape index (κ1) is 17.8. The molecule has 0 N–H and O–H groups in total. The maximum Gasteiger partial charge on any atom is 0.422 e. The van der Waals surface area contributed by atoms with E-state index in [1.54, 1.807) is 19.2 Å². The van der Waals surface area contributed by atoms with Gasteiger partial charge in [0.25, 0.3) is 5.91 Å².